The number of hydrogen-bond acceptors (Lipinski definition) is 2. The van der Waals surface area contributed by atoms with Gasteiger partial charge in [0.05, 0.1) is 0 Å². The molecule has 0 radical (unpaired) electrons. The van der Waals surface area contributed by atoms with Crippen LogP contribution in [0.2, 0.25) is 0 Å². The monoisotopic (exact) mass is 288 g/mol. The Bertz CT molecular complexity index is 541. The van der Waals surface area contributed by atoms with Gasteiger partial charge < -0.3 is 10.2 Å². The number of carboxylic acid groups (broad SMARTS) is 2. The van der Waals surface area contributed by atoms with E-state index in [0.29, 0.717) is 6.42 Å². The Morgan fingerprint density at radius 2 is 1.57 bits per heavy atom. The van der Waals surface area contributed by atoms with E-state index >= 15 is 0 Å². The van der Waals surface area contributed by atoms with Crippen molar-refractivity contribution in [3.8, 4) is 0 Å². The maximum absolute atomic E-state index is 11.3. The lowest BCUT2D eigenvalue weighted by atomic mass is 10.0. The Morgan fingerprint density at radius 3 is 2.10 bits per heavy atom. The topological polar surface area (TPSA) is 74.6 Å². The lowest BCUT2D eigenvalue weighted by Gasteiger charge is -2.03. The van der Waals surface area contributed by atoms with Crippen molar-refractivity contribution in [3.05, 3.63) is 59.2 Å². The van der Waals surface area contributed by atoms with Crippen LogP contribution in [0.15, 0.2) is 53.6 Å². The molecule has 2 N–H and O–H groups in total. The van der Waals surface area contributed by atoms with Gasteiger partial charge in [-0.3, -0.25) is 0 Å². The number of carboxylic acids is 2. The van der Waals surface area contributed by atoms with E-state index in [0.717, 1.165) is 18.4 Å². The van der Waals surface area contributed by atoms with Gasteiger partial charge in [-0.1, -0.05) is 55.8 Å². The highest BCUT2D eigenvalue weighted by Crippen LogP contribution is 2.12. The first-order chi connectivity index (χ1) is 10.0. The molecule has 0 aromatic heterocycles. The van der Waals surface area contributed by atoms with Crippen LogP contribution in [0.1, 0.15) is 31.7 Å². The molecule has 0 fully saturated rings. The van der Waals surface area contributed by atoms with Gasteiger partial charge in [0.25, 0.3) is 0 Å². The molecule has 4 heteroatoms. The highest BCUT2D eigenvalue weighted by atomic mass is 16.4. The summed E-state index contributed by atoms with van der Waals surface area (Å²) in [7, 11) is 0. The predicted molar refractivity (Wildman–Crippen MR) is 81.1 cm³/mol. The van der Waals surface area contributed by atoms with Gasteiger partial charge in [-0.25, -0.2) is 9.59 Å². The van der Waals surface area contributed by atoms with Crippen molar-refractivity contribution in [1.29, 1.82) is 0 Å². The van der Waals surface area contributed by atoms with Gasteiger partial charge in [0.2, 0.25) is 0 Å². The van der Waals surface area contributed by atoms with Gasteiger partial charge in [0, 0.05) is 17.6 Å². The third kappa shape index (κ3) is 6.08. The van der Waals surface area contributed by atoms with Crippen molar-refractivity contribution in [2.45, 2.75) is 32.6 Å². The number of aliphatic carboxylic acids is 2. The predicted octanol–water partition coefficient (Wildman–Crippen LogP) is 3.44. The molecule has 0 aliphatic carbocycles. The average Bonchev–Trinajstić information content (AvgIpc) is 2.46. The zero-order chi connectivity index (χ0) is 15.7. The lowest BCUT2D eigenvalue weighted by molar-refractivity contribution is -0.133. The zero-order valence-corrected chi connectivity index (χ0v) is 12.1. The molecule has 1 rings (SSSR count). The van der Waals surface area contributed by atoms with E-state index in [1.807, 2.05) is 37.3 Å². The van der Waals surface area contributed by atoms with Gasteiger partial charge >= 0.3 is 11.9 Å². The summed E-state index contributed by atoms with van der Waals surface area (Å²) in [6.07, 6.45) is 5.18. The first-order valence-electron chi connectivity index (χ1n) is 6.94. The molecule has 112 valence electrons. The summed E-state index contributed by atoms with van der Waals surface area (Å²) in [4.78, 5) is 22.4. The molecule has 0 spiro atoms. The summed E-state index contributed by atoms with van der Waals surface area (Å²) in [6, 6.07) is 9.23. The Hall–Kier alpha value is -2.36. The highest BCUT2D eigenvalue weighted by molar-refractivity contribution is 5.89. The molecule has 0 heterocycles. The highest BCUT2D eigenvalue weighted by Gasteiger charge is 2.09. The van der Waals surface area contributed by atoms with Crippen LogP contribution in [0, 0.1) is 0 Å². The quantitative estimate of drug-likeness (QED) is 0.567. The number of hydrogen-bond donors (Lipinski definition) is 2. The summed E-state index contributed by atoms with van der Waals surface area (Å²) >= 11 is 0. The van der Waals surface area contributed by atoms with Crippen LogP contribution in [-0.4, -0.2) is 22.2 Å². The fraction of sp³-hybridized carbons (Fsp3) is 0.294. The summed E-state index contributed by atoms with van der Waals surface area (Å²) in [5.41, 5.74) is 1.30. The van der Waals surface area contributed by atoms with E-state index in [2.05, 4.69) is 0 Å². The zero-order valence-electron chi connectivity index (χ0n) is 12.1. The van der Waals surface area contributed by atoms with E-state index in [1.165, 1.54) is 12.2 Å². The van der Waals surface area contributed by atoms with Crippen LogP contribution in [-0.2, 0) is 16.0 Å². The second-order valence-electron chi connectivity index (χ2n) is 4.76. The molecule has 0 aliphatic heterocycles. The SMILES string of the molecule is CCCCC(=CC=C(Cc1ccccc1)C(=O)O)C(=O)O. The van der Waals surface area contributed by atoms with Gasteiger partial charge in [0.15, 0.2) is 0 Å². The summed E-state index contributed by atoms with van der Waals surface area (Å²) in [5.74, 6) is -2.03. The molecule has 0 atom stereocenters. The first kappa shape index (κ1) is 16.7. The van der Waals surface area contributed by atoms with Crippen molar-refractivity contribution in [1.82, 2.24) is 0 Å². The lowest BCUT2D eigenvalue weighted by Crippen LogP contribution is -2.05. The van der Waals surface area contributed by atoms with Crippen molar-refractivity contribution in [2.24, 2.45) is 0 Å². The minimum absolute atomic E-state index is 0.177. The van der Waals surface area contributed by atoms with Crippen molar-refractivity contribution >= 4 is 11.9 Å². The first-order valence-corrected chi connectivity index (χ1v) is 6.94. The smallest absolute Gasteiger partial charge is 0.331 e. The second-order valence-corrected chi connectivity index (χ2v) is 4.76. The van der Waals surface area contributed by atoms with Gasteiger partial charge in [-0.2, -0.15) is 0 Å². The van der Waals surface area contributed by atoms with Crippen LogP contribution in [0.4, 0.5) is 0 Å². The minimum Gasteiger partial charge on any atom is -0.478 e. The number of allylic oxidation sites excluding steroid dienone is 2. The molecule has 0 saturated carbocycles. The number of carbonyl (C=O) groups is 2. The van der Waals surface area contributed by atoms with E-state index in [9.17, 15) is 14.7 Å². The molecule has 1 aromatic carbocycles. The molecule has 0 aliphatic rings. The van der Waals surface area contributed by atoms with Gasteiger partial charge in [0.1, 0.15) is 0 Å². The fourth-order valence-electron chi connectivity index (χ4n) is 1.85. The minimum atomic E-state index is -1.03. The molecule has 0 amide bonds. The number of unbranched alkanes of at least 4 members (excludes halogenated alkanes) is 1. The normalized spacial score (nSPS) is 12.2. The average molecular weight is 288 g/mol. The Balaban J connectivity index is 2.92. The summed E-state index contributed by atoms with van der Waals surface area (Å²) in [6.45, 7) is 1.98. The van der Waals surface area contributed by atoms with E-state index < -0.39 is 11.9 Å². The van der Waals surface area contributed by atoms with E-state index in [1.54, 1.807) is 0 Å². The van der Waals surface area contributed by atoms with E-state index in [-0.39, 0.29) is 17.6 Å². The standard InChI is InChI=1S/C17H20O4/c1-2-3-9-14(16(18)19)10-11-15(17(20)21)12-13-7-5-4-6-8-13/h4-8,10-11H,2-3,9,12H2,1H3,(H,18,19)(H,20,21). The van der Waals surface area contributed by atoms with Crippen molar-refractivity contribution in [3.63, 3.8) is 0 Å². The maximum Gasteiger partial charge on any atom is 0.331 e. The van der Waals surface area contributed by atoms with Crippen LogP contribution < -0.4 is 0 Å². The number of rotatable bonds is 8. The van der Waals surface area contributed by atoms with Crippen molar-refractivity contribution in [2.75, 3.05) is 0 Å². The van der Waals surface area contributed by atoms with Crippen molar-refractivity contribution < 1.29 is 19.8 Å². The van der Waals surface area contributed by atoms with E-state index in [4.69, 9.17) is 5.11 Å². The van der Waals surface area contributed by atoms with Crippen LogP contribution in [0.3, 0.4) is 0 Å². The molecule has 0 bridgehead atoms. The molecule has 0 saturated heterocycles. The summed E-state index contributed by atoms with van der Waals surface area (Å²) < 4.78 is 0. The largest absolute Gasteiger partial charge is 0.478 e. The second kappa shape index (κ2) is 8.74. The Labute approximate surface area is 124 Å². The van der Waals surface area contributed by atoms with Crippen LogP contribution in [0.25, 0.3) is 0 Å². The van der Waals surface area contributed by atoms with Gasteiger partial charge in [-0.05, 0) is 18.4 Å². The van der Waals surface area contributed by atoms with Gasteiger partial charge in [-0.15, -0.1) is 0 Å². The molecule has 1 aromatic rings. The fourth-order valence-corrected chi connectivity index (χ4v) is 1.85. The Morgan fingerprint density at radius 1 is 1.00 bits per heavy atom. The molecule has 0 unspecified atom stereocenters. The number of benzene rings is 1. The molecular weight excluding hydrogens is 268 g/mol. The third-order valence-electron chi connectivity index (χ3n) is 3.07. The maximum atomic E-state index is 11.3. The summed E-state index contributed by atoms with van der Waals surface area (Å²) in [5, 5.41) is 18.3. The molecule has 21 heavy (non-hydrogen) atoms. The molecule has 4 nitrogen and oxygen atoms in total. The van der Waals surface area contributed by atoms with Crippen LogP contribution in [0.5, 0.6) is 0 Å². The molecular formula is C17H20O4. The third-order valence-corrected chi connectivity index (χ3v) is 3.07. The van der Waals surface area contributed by atoms with Crippen LogP contribution >= 0.6 is 0 Å². The Kier molecular flexibility index (Phi) is 6.95.